The molecule has 0 aliphatic carbocycles. The zero-order chi connectivity index (χ0) is 22.8. The summed E-state index contributed by atoms with van der Waals surface area (Å²) in [4.78, 5) is 13.2. The standard InChI is InChI=1S/C23H26Cl2N4O3/c1-14-21(23(31)27-28-12-4-3-5-20(28)30)26-29(19-11-8-16(24)13-18(19)25)22(14)15-6-9-17(32-2)10-7-15/h6-11,13-14,20,22,30H,3-5,12H2,1-2H3,(H,27,31)/t14-,20?,22+/m0/s1. The second-order valence-electron chi connectivity index (χ2n) is 8.04. The number of methoxy groups -OCH3 is 1. The summed E-state index contributed by atoms with van der Waals surface area (Å²) >= 11 is 12.6. The number of hydrogen-bond donors (Lipinski definition) is 2. The summed E-state index contributed by atoms with van der Waals surface area (Å²) in [6.45, 7) is 2.56. The van der Waals surface area contributed by atoms with Crippen molar-refractivity contribution < 1.29 is 14.6 Å². The van der Waals surface area contributed by atoms with Crippen molar-refractivity contribution in [2.45, 2.75) is 38.5 Å². The lowest BCUT2D eigenvalue weighted by molar-refractivity contribution is -0.128. The molecule has 0 saturated carbocycles. The number of amides is 1. The minimum atomic E-state index is -0.691. The Morgan fingerprint density at radius 1 is 1.19 bits per heavy atom. The van der Waals surface area contributed by atoms with Gasteiger partial charge in [0, 0.05) is 17.5 Å². The minimum Gasteiger partial charge on any atom is -0.497 e. The quantitative estimate of drug-likeness (QED) is 0.668. The van der Waals surface area contributed by atoms with Crippen LogP contribution in [0.4, 0.5) is 5.69 Å². The molecule has 0 bridgehead atoms. The van der Waals surface area contributed by atoms with Crippen molar-refractivity contribution in [2.24, 2.45) is 11.0 Å². The second kappa shape index (κ2) is 9.67. The van der Waals surface area contributed by atoms with E-state index in [-0.39, 0.29) is 17.9 Å². The van der Waals surface area contributed by atoms with Gasteiger partial charge in [0.1, 0.15) is 17.7 Å². The number of benzene rings is 2. The molecule has 9 heteroatoms. The molecule has 2 aliphatic heterocycles. The highest BCUT2D eigenvalue weighted by atomic mass is 35.5. The van der Waals surface area contributed by atoms with Crippen LogP contribution in [0.2, 0.25) is 10.0 Å². The monoisotopic (exact) mass is 476 g/mol. The number of ether oxygens (including phenoxy) is 1. The summed E-state index contributed by atoms with van der Waals surface area (Å²) in [5.41, 5.74) is 4.83. The summed E-state index contributed by atoms with van der Waals surface area (Å²) in [5, 5.41) is 19.2. The van der Waals surface area contributed by atoms with E-state index in [4.69, 9.17) is 33.0 Å². The first-order valence-electron chi connectivity index (χ1n) is 10.6. The van der Waals surface area contributed by atoms with Crippen LogP contribution in [-0.2, 0) is 4.79 Å². The first kappa shape index (κ1) is 22.9. The number of anilines is 1. The molecule has 1 unspecified atom stereocenters. The molecular formula is C23H26Cl2N4O3. The Hall–Kier alpha value is -2.32. The third-order valence-electron chi connectivity index (χ3n) is 5.95. The van der Waals surface area contributed by atoms with Crippen LogP contribution in [0.1, 0.15) is 37.8 Å². The van der Waals surface area contributed by atoms with Crippen LogP contribution in [0.15, 0.2) is 47.6 Å². The Morgan fingerprint density at radius 2 is 1.94 bits per heavy atom. The van der Waals surface area contributed by atoms with Gasteiger partial charge in [0.25, 0.3) is 5.91 Å². The number of hydrazone groups is 1. The van der Waals surface area contributed by atoms with E-state index in [0.717, 1.165) is 24.2 Å². The number of nitrogens with zero attached hydrogens (tertiary/aromatic N) is 3. The molecule has 32 heavy (non-hydrogen) atoms. The maximum Gasteiger partial charge on any atom is 0.282 e. The van der Waals surface area contributed by atoms with Crippen molar-refractivity contribution in [3.8, 4) is 5.75 Å². The van der Waals surface area contributed by atoms with Crippen molar-refractivity contribution in [1.82, 2.24) is 10.4 Å². The molecule has 7 nitrogen and oxygen atoms in total. The normalized spacial score (nSPS) is 23.7. The lowest BCUT2D eigenvalue weighted by Gasteiger charge is -2.32. The molecule has 2 aromatic rings. The first-order valence-corrected chi connectivity index (χ1v) is 11.4. The number of aliphatic hydroxyl groups is 1. The van der Waals surface area contributed by atoms with Gasteiger partial charge >= 0.3 is 0 Å². The molecule has 0 spiro atoms. The predicted molar refractivity (Wildman–Crippen MR) is 126 cm³/mol. The SMILES string of the molecule is COc1ccc([C@H]2[C@@H](C)C(C(=O)NN3CCCCC3O)=NN2c2ccc(Cl)cc2Cl)cc1. The summed E-state index contributed by atoms with van der Waals surface area (Å²) in [6, 6.07) is 12.6. The summed E-state index contributed by atoms with van der Waals surface area (Å²) in [6.07, 6.45) is 1.79. The van der Waals surface area contributed by atoms with Gasteiger partial charge in [0.05, 0.1) is 23.9 Å². The van der Waals surface area contributed by atoms with E-state index in [2.05, 4.69) is 5.43 Å². The van der Waals surface area contributed by atoms with Gasteiger partial charge in [-0.2, -0.15) is 10.1 Å². The third kappa shape index (κ3) is 4.57. The van der Waals surface area contributed by atoms with Crippen LogP contribution < -0.4 is 15.2 Å². The van der Waals surface area contributed by atoms with Crippen molar-refractivity contribution in [3.63, 3.8) is 0 Å². The number of aliphatic hydroxyl groups excluding tert-OH is 1. The van der Waals surface area contributed by atoms with Crippen LogP contribution in [0.5, 0.6) is 5.75 Å². The average Bonchev–Trinajstić information content (AvgIpc) is 3.12. The number of piperidine rings is 1. The van der Waals surface area contributed by atoms with Crippen molar-refractivity contribution in [2.75, 3.05) is 18.7 Å². The van der Waals surface area contributed by atoms with Gasteiger partial charge in [-0.1, -0.05) is 42.3 Å². The first-order chi connectivity index (χ1) is 15.4. The maximum atomic E-state index is 13.2. The highest BCUT2D eigenvalue weighted by Gasteiger charge is 2.40. The molecule has 3 atom stereocenters. The second-order valence-corrected chi connectivity index (χ2v) is 8.89. The fourth-order valence-corrected chi connectivity index (χ4v) is 4.71. The summed E-state index contributed by atoms with van der Waals surface area (Å²) in [7, 11) is 1.62. The van der Waals surface area contributed by atoms with Gasteiger partial charge in [-0.25, -0.2) is 0 Å². The Bertz CT molecular complexity index is 1010. The molecule has 0 radical (unpaired) electrons. The van der Waals surface area contributed by atoms with Gasteiger partial charge in [0.2, 0.25) is 0 Å². The highest BCUT2D eigenvalue weighted by molar-refractivity contribution is 6.41. The minimum absolute atomic E-state index is 0.239. The lowest BCUT2D eigenvalue weighted by atomic mass is 9.91. The molecule has 2 heterocycles. The Labute approximate surface area is 197 Å². The van der Waals surface area contributed by atoms with Crippen LogP contribution in [-0.4, -0.2) is 41.6 Å². The van der Waals surface area contributed by atoms with E-state index >= 15 is 0 Å². The van der Waals surface area contributed by atoms with Crippen molar-refractivity contribution in [1.29, 1.82) is 0 Å². The van der Waals surface area contributed by atoms with Crippen LogP contribution in [0.3, 0.4) is 0 Å². The van der Waals surface area contributed by atoms with E-state index in [9.17, 15) is 9.90 Å². The molecule has 1 saturated heterocycles. The van der Waals surface area contributed by atoms with Crippen LogP contribution in [0.25, 0.3) is 0 Å². The van der Waals surface area contributed by atoms with E-state index in [1.54, 1.807) is 35.3 Å². The largest absolute Gasteiger partial charge is 0.497 e. The zero-order valence-electron chi connectivity index (χ0n) is 18.0. The summed E-state index contributed by atoms with van der Waals surface area (Å²) < 4.78 is 5.29. The number of halogens is 2. The fourth-order valence-electron chi connectivity index (χ4n) is 4.22. The molecule has 2 aromatic carbocycles. The van der Waals surface area contributed by atoms with Crippen molar-refractivity contribution in [3.05, 3.63) is 58.1 Å². The molecular weight excluding hydrogens is 451 g/mol. The van der Waals surface area contributed by atoms with Crippen molar-refractivity contribution >= 4 is 40.5 Å². The molecule has 4 rings (SSSR count). The number of hydrazine groups is 1. The summed E-state index contributed by atoms with van der Waals surface area (Å²) in [5.74, 6) is 0.176. The van der Waals surface area contributed by atoms with Crippen LogP contribution >= 0.6 is 23.2 Å². The zero-order valence-corrected chi connectivity index (χ0v) is 19.5. The fraction of sp³-hybridized carbons (Fsp3) is 0.391. The number of hydrogen-bond acceptors (Lipinski definition) is 6. The number of carbonyl (C=O) groups excluding carboxylic acids is 1. The van der Waals surface area contributed by atoms with E-state index in [0.29, 0.717) is 34.4 Å². The van der Waals surface area contributed by atoms with Gasteiger partial charge in [-0.3, -0.25) is 15.2 Å². The lowest BCUT2D eigenvalue weighted by Crippen LogP contribution is -2.53. The highest BCUT2D eigenvalue weighted by Crippen LogP contribution is 2.42. The number of carbonyl (C=O) groups is 1. The molecule has 1 fully saturated rings. The molecule has 0 aromatic heterocycles. The third-order valence-corrected chi connectivity index (χ3v) is 6.48. The Morgan fingerprint density at radius 3 is 2.59 bits per heavy atom. The van der Waals surface area contributed by atoms with Gasteiger partial charge in [0.15, 0.2) is 0 Å². The average molecular weight is 477 g/mol. The van der Waals surface area contributed by atoms with Gasteiger partial charge < -0.3 is 9.84 Å². The van der Waals surface area contributed by atoms with Gasteiger partial charge in [-0.15, -0.1) is 0 Å². The predicted octanol–water partition coefficient (Wildman–Crippen LogP) is 4.39. The topological polar surface area (TPSA) is 77.4 Å². The van der Waals surface area contributed by atoms with Crippen LogP contribution in [0, 0.1) is 5.92 Å². The van der Waals surface area contributed by atoms with E-state index < -0.39 is 6.23 Å². The van der Waals surface area contributed by atoms with E-state index in [1.165, 1.54) is 0 Å². The van der Waals surface area contributed by atoms with Gasteiger partial charge in [-0.05, 0) is 55.2 Å². The molecule has 2 N–H and O–H groups in total. The Kier molecular flexibility index (Phi) is 6.90. The van der Waals surface area contributed by atoms with E-state index in [1.807, 2.05) is 31.2 Å². The molecule has 2 aliphatic rings. The molecule has 1 amide bonds. The maximum absolute atomic E-state index is 13.2. The number of rotatable bonds is 5. The smallest absolute Gasteiger partial charge is 0.282 e. The Balaban J connectivity index is 1.68. The number of nitrogens with one attached hydrogen (secondary N) is 1. The molecule has 170 valence electrons.